The van der Waals surface area contributed by atoms with Gasteiger partial charge >= 0.3 is 0 Å². The van der Waals surface area contributed by atoms with Crippen molar-refractivity contribution >= 4 is 11.6 Å². The number of nitrogens with one attached hydrogen (secondary N) is 2. The van der Waals surface area contributed by atoms with Gasteiger partial charge in [-0.3, -0.25) is 4.79 Å². The van der Waals surface area contributed by atoms with Crippen LogP contribution < -0.4 is 15.5 Å². The zero-order valence-electron chi connectivity index (χ0n) is 12.5. The number of methoxy groups -OCH3 is 1. The molecule has 2 N–H and O–H groups in total. The number of ether oxygens (including phenoxy) is 1. The zero-order valence-corrected chi connectivity index (χ0v) is 12.5. The summed E-state index contributed by atoms with van der Waals surface area (Å²) in [4.78, 5) is 13.6. The van der Waals surface area contributed by atoms with Gasteiger partial charge in [0.15, 0.2) is 0 Å². The summed E-state index contributed by atoms with van der Waals surface area (Å²) in [6.45, 7) is 4.78. The quantitative estimate of drug-likeness (QED) is 0.765. The van der Waals surface area contributed by atoms with Gasteiger partial charge in [-0.1, -0.05) is 12.1 Å². The molecule has 116 valence electrons. The fourth-order valence-corrected chi connectivity index (χ4v) is 2.51. The predicted molar refractivity (Wildman–Crippen MR) is 79.8 cm³/mol. The van der Waals surface area contributed by atoms with E-state index in [1.54, 1.807) is 20.1 Å². The Morgan fingerprint density at radius 2 is 2.33 bits per heavy atom. The standard InChI is InChI=1S/C15H22FN3O2/c1-11-15(20)18-6-8-19(11)14-12(4-3-5-13(14)16)10-17-7-9-21-2/h3-5,11,17H,6-10H2,1-2H3,(H,18,20). The van der Waals surface area contributed by atoms with Crippen molar-refractivity contribution in [2.45, 2.75) is 19.5 Å². The number of rotatable bonds is 6. The highest BCUT2D eigenvalue weighted by molar-refractivity contribution is 5.86. The van der Waals surface area contributed by atoms with Gasteiger partial charge < -0.3 is 20.3 Å². The molecule has 1 aliphatic rings. The lowest BCUT2D eigenvalue weighted by Gasteiger charge is -2.36. The number of nitrogens with zero attached hydrogens (tertiary/aromatic N) is 1. The van der Waals surface area contributed by atoms with Gasteiger partial charge in [-0.25, -0.2) is 4.39 Å². The van der Waals surface area contributed by atoms with Crippen molar-refractivity contribution in [3.05, 3.63) is 29.6 Å². The van der Waals surface area contributed by atoms with E-state index in [9.17, 15) is 9.18 Å². The molecule has 0 aromatic heterocycles. The van der Waals surface area contributed by atoms with Gasteiger partial charge in [-0.15, -0.1) is 0 Å². The van der Waals surface area contributed by atoms with Crippen molar-refractivity contribution in [2.75, 3.05) is 38.3 Å². The van der Waals surface area contributed by atoms with Crippen LogP contribution in [-0.4, -0.2) is 45.3 Å². The third-order valence-electron chi connectivity index (χ3n) is 3.65. The maximum atomic E-state index is 14.3. The van der Waals surface area contributed by atoms with E-state index in [0.717, 1.165) is 5.56 Å². The first kappa shape index (κ1) is 15.7. The Labute approximate surface area is 124 Å². The minimum Gasteiger partial charge on any atom is -0.383 e. The van der Waals surface area contributed by atoms with Crippen LogP contribution in [0, 0.1) is 5.82 Å². The van der Waals surface area contributed by atoms with E-state index in [0.29, 0.717) is 38.5 Å². The van der Waals surface area contributed by atoms with Gasteiger partial charge in [-0.2, -0.15) is 0 Å². The van der Waals surface area contributed by atoms with Crippen molar-refractivity contribution in [3.63, 3.8) is 0 Å². The molecule has 1 atom stereocenters. The summed E-state index contributed by atoms with van der Waals surface area (Å²) in [7, 11) is 1.64. The summed E-state index contributed by atoms with van der Waals surface area (Å²) >= 11 is 0. The number of hydrogen-bond acceptors (Lipinski definition) is 4. The first-order valence-electron chi connectivity index (χ1n) is 7.16. The first-order chi connectivity index (χ1) is 10.1. The average molecular weight is 295 g/mol. The van der Waals surface area contributed by atoms with Crippen molar-refractivity contribution in [3.8, 4) is 0 Å². The zero-order chi connectivity index (χ0) is 15.2. The topological polar surface area (TPSA) is 53.6 Å². The number of hydrogen-bond donors (Lipinski definition) is 2. The molecule has 0 bridgehead atoms. The fourth-order valence-electron chi connectivity index (χ4n) is 2.51. The minimum absolute atomic E-state index is 0.0669. The molecule has 1 fully saturated rings. The second-order valence-electron chi connectivity index (χ2n) is 5.08. The fraction of sp³-hybridized carbons (Fsp3) is 0.533. The van der Waals surface area contributed by atoms with E-state index in [4.69, 9.17) is 4.74 Å². The molecule has 6 heteroatoms. The number of anilines is 1. The summed E-state index contributed by atoms with van der Waals surface area (Å²) in [6, 6.07) is 4.65. The van der Waals surface area contributed by atoms with Crippen LogP contribution in [0.4, 0.5) is 10.1 Å². The Morgan fingerprint density at radius 1 is 1.52 bits per heavy atom. The number of halogens is 1. The molecule has 5 nitrogen and oxygen atoms in total. The van der Waals surface area contributed by atoms with Crippen LogP contribution in [0.15, 0.2) is 18.2 Å². The van der Waals surface area contributed by atoms with Gasteiger partial charge in [0.2, 0.25) is 5.91 Å². The van der Waals surface area contributed by atoms with E-state index in [2.05, 4.69) is 10.6 Å². The molecular formula is C15H22FN3O2. The summed E-state index contributed by atoms with van der Waals surface area (Å²) in [6.07, 6.45) is 0. The highest BCUT2D eigenvalue weighted by Crippen LogP contribution is 2.27. The molecule has 0 spiro atoms. The van der Waals surface area contributed by atoms with E-state index < -0.39 is 0 Å². The SMILES string of the molecule is COCCNCc1cccc(F)c1N1CCNC(=O)C1C. The maximum Gasteiger partial charge on any atom is 0.242 e. The van der Waals surface area contributed by atoms with E-state index in [1.807, 2.05) is 11.0 Å². The molecule has 1 saturated heterocycles. The Bertz CT molecular complexity index is 496. The Kier molecular flexibility index (Phi) is 5.52. The van der Waals surface area contributed by atoms with Crippen LogP contribution in [0.25, 0.3) is 0 Å². The summed E-state index contributed by atoms with van der Waals surface area (Å²) in [5.41, 5.74) is 1.37. The molecule has 21 heavy (non-hydrogen) atoms. The molecule has 0 aliphatic carbocycles. The van der Waals surface area contributed by atoms with Crippen LogP contribution in [0.3, 0.4) is 0 Å². The van der Waals surface area contributed by atoms with Gasteiger partial charge in [0.05, 0.1) is 12.3 Å². The largest absolute Gasteiger partial charge is 0.383 e. The number of carbonyl (C=O) groups is 1. The molecule has 1 aliphatic heterocycles. The van der Waals surface area contributed by atoms with Gasteiger partial charge in [0.1, 0.15) is 11.9 Å². The lowest BCUT2D eigenvalue weighted by Crippen LogP contribution is -2.54. The Hall–Kier alpha value is -1.66. The predicted octanol–water partition coefficient (Wildman–Crippen LogP) is 0.886. The molecule has 1 heterocycles. The molecular weight excluding hydrogens is 273 g/mol. The molecule has 1 amide bonds. The molecule has 2 rings (SSSR count). The van der Waals surface area contributed by atoms with Crippen molar-refractivity contribution < 1.29 is 13.9 Å². The minimum atomic E-state index is -0.367. The monoisotopic (exact) mass is 295 g/mol. The van der Waals surface area contributed by atoms with E-state index >= 15 is 0 Å². The van der Waals surface area contributed by atoms with Gasteiger partial charge in [0.25, 0.3) is 0 Å². The maximum absolute atomic E-state index is 14.3. The number of benzene rings is 1. The number of amides is 1. The van der Waals surface area contributed by atoms with Crippen LogP contribution in [0.1, 0.15) is 12.5 Å². The number of para-hydroxylation sites is 1. The van der Waals surface area contributed by atoms with Crippen LogP contribution in [0.5, 0.6) is 0 Å². The smallest absolute Gasteiger partial charge is 0.242 e. The third-order valence-corrected chi connectivity index (χ3v) is 3.65. The van der Waals surface area contributed by atoms with Crippen LogP contribution in [-0.2, 0) is 16.1 Å². The molecule has 1 unspecified atom stereocenters. The summed E-state index contributed by atoms with van der Waals surface area (Å²) in [5.74, 6) is -0.356. The average Bonchev–Trinajstić information content (AvgIpc) is 2.47. The lowest BCUT2D eigenvalue weighted by atomic mass is 10.1. The molecule has 0 radical (unpaired) electrons. The second-order valence-corrected chi connectivity index (χ2v) is 5.08. The third kappa shape index (κ3) is 3.71. The molecule has 1 aromatic carbocycles. The van der Waals surface area contributed by atoms with Crippen molar-refractivity contribution in [2.24, 2.45) is 0 Å². The molecule has 1 aromatic rings. The Balaban J connectivity index is 2.18. The van der Waals surface area contributed by atoms with E-state index in [1.165, 1.54) is 6.07 Å². The first-order valence-corrected chi connectivity index (χ1v) is 7.16. The van der Waals surface area contributed by atoms with Gasteiger partial charge in [-0.05, 0) is 18.6 Å². The number of piperazine rings is 1. The van der Waals surface area contributed by atoms with Crippen LogP contribution in [0.2, 0.25) is 0 Å². The lowest BCUT2D eigenvalue weighted by molar-refractivity contribution is -0.122. The number of carbonyl (C=O) groups excluding carboxylic acids is 1. The highest BCUT2D eigenvalue weighted by atomic mass is 19.1. The summed E-state index contributed by atoms with van der Waals surface area (Å²) < 4.78 is 19.3. The van der Waals surface area contributed by atoms with Crippen LogP contribution >= 0.6 is 0 Å². The summed E-state index contributed by atoms with van der Waals surface area (Å²) in [5, 5.41) is 6.01. The second kappa shape index (κ2) is 7.38. The van der Waals surface area contributed by atoms with Crippen molar-refractivity contribution in [1.29, 1.82) is 0 Å². The highest BCUT2D eigenvalue weighted by Gasteiger charge is 2.28. The Morgan fingerprint density at radius 3 is 3.10 bits per heavy atom. The van der Waals surface area contributed by atoms with E-state index in [-0.39, 0.29) is 17.8 Å². The normalized spacial score (nSPS) is 18.7. The molecule has 0 saturated carbocycles. The van der Waals surface area contributed by atoms with Gasteiger partial charge in [0, 0.05) is 33.3 Å². The van der Waals surface area contributed by atoms with Crippen molar-refractivity contribution in [1.82, 2.24) is 10.6 Å².